The fourth-order valence-electron chi connectivity index (χ4n) is 2.76. The molecule has 0 saturated carbocycles. The van der Waals surface area contributed by atoms with E-state index in [0.717, 1.165) is 13.0 Å². The molecule has 1 nitrogen and oxygen atoms in total. The largest absolute Gasteiger partial charge is 0.330 e. The van der Waals surface area contributed by atoms with Gasteiger partial charge >= 0.3 is 0 Å². The summed E-state index contributed by atoms with van der Waals surface area (Å²) in [5, 5.41) is 0. The molecule has 0 fully saturated rings. The Bertz CT molecular complexity index is 464. The summed E-state index contributed by atoms with van der Waals surface area (Å²) in [7, 11) is 0. The Kier molecular flexibility index (Phi) is 6.33. The van der Waals surface area contributed by atoms with Gasteiger partial charge in [0.1, 0.15) is 0 Å². The first-order chi connectivity index (χ1) is 9.90. The first kappa shape index (κ1) is 14.8. The van der Waals surface area contributed by atoms with Gasteiger partial charge in [0.05, 0.1) is 0 Å². The molecule has 106 valence electrons. The minimum Gasteiger partial charge on any atom is -0.330 e. The van der Waals surface area contributed by atoms with Gasteiger partial charge in [-0.2, -0.15) is 0 Å². The highest BCUT2D eigenvalue weighted by atomic mass is 14.5. The molecule has 0 aliphatic heterocycles. The smallest absolute Gasteiger partial charge is 0.00771 e. The Morgan fingerprint density at radius 3 is 2.00 bits per heavy atom. The highest BCUT2D eigenvalue weighted by Gasteiger charge is 2.10. The van der Waals surface area contributed by atoms with Crippen molar-refractivity contribution in [3.63, 3.8) is 0 Å². The summed E-state index contributed by atoms with van der Waals surface area (Å²) in [6, 6.07) is 21.6. The zero-order valence-corrected chi connectivity index (χ0v) is 12.2. The van der Waals surface area contributed by atoms with Gasteiger partial charge < -0.3 is 5.73 Å². The predicted octanol–water partition coefficient (Wildman–Crippen LogP) is 4.53. The van der Waals surface area contributed by atoms with Crippen molar-refractivity contribution in [1.29, 1.82) is 0 Å². The van der Waals surface area contributed by atoms with Crippen molar-refractivity contribution in [2.75, 3.05) is 6.54 Å². The Labute approximate surface area is 122 Å². The molecule has 0 aliphatic carbocycles. The van der Waals surface area contributed by atoms with Crippen LogP contribution in [0.3, 0.4) is 0 Å². The van der Waals surface area contributed by atoms with Crippen LogP contribution < -0.4 is 5.73 Å². The Morgan fingerprint density at radius 2 is 1.35 bits per heavy atom. The lowest BCUT2D eigenvalue weighted by molar-refractivity contribution is 0.536. The quantitative estimate of drug-likeness (QED) is 0.747. The van der Waals surface area contributed by atoms with Crippen LogP contribution in [0.5, 0.6) is 0 Å². The minimum atomic E-state index is 0.656. The molecule has 2 aromatic carbocycles. The summed E-state index contributed by atoms with van der Waals surface area (Å²) in [5.41, 5.74) is 8.58. The van der Waals surface area contributed by atoms with Gasteiger partial charge in [-0.25, -0.2) is 0 Å². The van der Waals surface area contributed by atoms with Gasteiger partial charge in [-0.05, 0) is 55.7 Å². The van der Waals surface area contributed by atoms with Gasteiger partial charge in [-0.1, -0.05) is 60.7 Å². The summed E-state index contributed by atoms with van der Waals surface area (Å²) in [6.45, 7) is 0.794. The molecule has 0 aromatic heterocycles. The highest BCUT2D eigenvalue weighted by Crippen LogP contribution is 2.26. The molecule has 0 spiro atoms. The molecule has 1 unspecified atom stereocenters. The summed E-state index contributed by atoms with van der Waals surface area (Å²) < 4.78 is 0. The van der Waals surface area contributed by atoms with Gasteiger partial charge in [0, 0.05) is 0 Å². The summed E-state index contributed by atoms with van der Waals surface area (Å²) in [6.07, 6.45) is 5.99. The first-order valence-electron chi connectivity index (χ1n) is 7.69. The maximum absolute atomic E-state index is 5.67. The monoisotopic (exact) mass is 267 g/mol. The number of nitrogens with two attached hydrogens (primary N) is 1. The highest BCUT2D eigenvalue weighted by molar-refractivity contribution is 5.20. The molecule has 1 atom stereocenters. The number of benzene rings is 2. The summed E-state index contributed by atoms with van der Waals surface area (Å²) >= 11 is 0. The second-order valence-corrected chi connectivity index (χ2v) is 5.42. The fraction of sp³-hybridized carbons (Fsp3) is 0.368. The van der Waals surface area contributed by atoms with E-state index in [9.17, 15) is 0 Å². The van der Waals surface area contributed by atoms with Crippen molar-refractivity contribution in [3.05, 3.63) is 71.8 Å². The van der Waals surface area contributed by atoms with Crippen molar-refractivity contribution < 1.29 is 0 Å². The molecular formula is C19H25N. The van der Waals surface area contributed by atoms with Crippen LogP contribution in [0.4, 0.5) is 0 Å². The van der Waals surface area contributed by atoms with Crippen molar-refractivity contribution in [1.82, 2.24) is 0 Å². The van der Waals surface area contributed by atoms with E-state index < -0.39 is 0 Å². The predicted molar refractivity (Wildman–Crippen MR) is 86.9 cm³/mol. The SMILES string of the molecule is NCCCC(CCCc1ccccc1)c1ccccc1. The molecule has 2 aromatic rings. The lowest BCUT2D eigenvalue weighted by atomic mass is 9.89. The molecule has 0 amide bonds. The molecule has 0 heterocycles. The van der Waals surface area contributed by atoms with Gasteiger partial charge in [0.25, 0.3) is 0 Å². The van der Waals surface area contributed by atoms with Gasteiger partial charge in [0.2, 0.25) is 0 Å². The zero-order valence-electron chi connectivity index (χ0n) is 12.2. The third-order valence-corrected chi connectivity index (χ3v) is 3.89. The Hall–Kier alpha value is -1.60. The number of hydrogen-bond donors (Lipinski definition) is 1. The van der Waals surface area contributed by atoms with E-state index in [0.29, 0.717) is 5.92 Å². The summed E-state index contributed by atoms with van der Waals surface area (Å²) in [5.74, 6) is 0.656. The molecule has 0 saturated heterocycles. The van der Waals surface area contributed by atoms with Crippen LogP contribution >= 0.6 is 0 Å². The first-order valence-corrected chi connectivity index (χ1v) is 7.69. The van der Waals surface area contributed by atoms with Crippen molar-refractivity contribution in [2.45, 2.75) is 38.0 Å². The molecular weight excluding hydrogens is 242 g/mol. The maximum atomic E-state index is 5.67. The zero-order chi connectivity index (χ0) is 14.0. The van der Waals surface area contributed by atoms with Gasteiger partial charge in [-0.3, -0.25) is 0 Å². The van der Waals surface area contributed by atoms with Crippen LogP contribution in [0.1, 0.15) is 42.7 Å². The number of aryl methyl sites for hydroxylation is 1. The van der Waals surface area contributed by atoms with Crippen LogP contribution in [-0.4, -0.2) is 6.54 Å². The number of hydrogen-bond acceptors (Lipinski definition) is 1. The average Bonchev–Trinajstić information content (AvgIpc) is 2.52. The minimum absolute atomic E-state index is 0.656. The second kappa shape index (κ2) is 8.55. The average molecular weight is 267 g/mol. The van der Waals surface area contributed by atoms with E-state index in [1.54, 1.807) is 0 Å². The molecule has 1 heteroatoms. The van der Waals surface area contributed by atoms with Crippen molar-refractivity contribution in [3.8, 4) is 0 Å². The van der Waals surface area contributed by atoms with E-state index in [-0.39, 0.29) is 0 Å². The third kappa shape index (κ3) is 4.82. The van der Waals surface area contributed by atoms with Crippen molar-refractivity contribution >= 4 is 0 Å². The lowest BCUT2D eigenvalue weighted by Crippen LogP contribution is -2.05. The van der Waals surface area contributed by atoms with Crippen LogP contribution in [0.15, 0.2) is 60.7 Å². The lowest BCUT2D eigenvalue weighted by Gasteiger charge is -2.17. The molecule has 0 aliphatic rings. The Morgan fingerprint density at radius 1 is 0.750 bits per heavy atom. The molecule has 2 N–H and O–H groups in total. The molecule has 20 heavy (non-hydrogen) atoms. The van der Waals surface area contributed by atoms with E-state index in [2.05, 4.69) is 60.7 Å². The Balaban J connectivity index is 1.88. The van der Waals surface area contributed by atoms with E-state index in [1.165, 1.54) is 36.8 Å². The third-order valence-electron chi connectivity index (χ3n) is 3.89. The fourth-order valence-corrected chi connectivity index (χ4v) is 2.76. The van der Waals surface area contributed by atoms with Crippen molar-refractivity contribution in [2.24, 2.45) is 5.73 Å². The molecule has 0 radical (unpaired) electrons. The summed E-state index contributed by atoms with van der Waals surface area (Å²) in [4.78, 5) is 0. The van der Waals surface area contributed by atoms with Crippen LogP contribution in [0, 0.1) is 0 Å². The molecule has 2 rings (SSSR count). The van der Waals surface area contributed by atoms with E-state index in [1.807, 2.05) is 0 Å². The standard InChI is InChI=1S/C19H25N/c20-16-8-15-19(18-12-5-2-6-13-18)14-7-11-17-9-3-1-4-10-17/h1-6,9-10,12-13,19H,7-8,11,14-16,20H2. The van der Waals surface area contributed by atoms with E-state index in [4.69, 9.17) is 5.73 Å². The number of rotatable bonds is 8. The normalized spacial score (nSPS) is 12.2. The molecule has 0 bridgehead atoms. The van der Waals surface area contributed by atoms with Gasteiger partial charge in [-0.15, -0.1) is 0 Å². The topological polar surface area (TPSA) is 26.0 Å². The second-order valence-electron chi connectivity index (χ2n) is 5.42. The van der Waals surface area contributed by atoms with Crippen LogP contribution in [0.25, 0.3) is 0 Å². The van der Waals surface area contributed by atoms with E-state index >= 15 is 0 Å². The van der Waals surface area contributed by atoms with Crippen LogP contribution in [-0.2, 0) is 6.42 Å². The van der Waals surface area contributed by atoms with Gasteiger partial charge in [0.15, 0.2) is 0 Å². The van der Waals surface area contributed by atoms with Crippen LogP contribution in [0.2, 0.25) is 0 Å². The maximum Gasteiger partial charge on any atom is -0.00771 e.